The van der Waals surface area contributed by atoms with Crippen LogP contribution in [0.3, 0.4) is 0 Å². The van der Waals surface area contributed by atoms with E-state index in [1.807, 2.05) is 19.1 Å². The van der Waals surface area contributed by atoms with Crippen LogP contribution in [-0.4, -0.2) is 37.7 Å². The van der Waals surface area contributed by atoms with Gasteiger partial charge in [0, 0.05) is 31.6 Å². The van der Waals surface area contributed by atoms with Crippen molar-refractivity contribution in [2.24, 2.45) is 0 Å². The summed E-state index contributed by atoms with van der Waals surface area (Å²) in [4.78, 5) is 25.4. The third-order valence-corrected chi connectivity index (χ3v) is 3.90. The minimum Gasteiger partial charge on any atom is -0.369 e. The zero-order valence-corrected chi connectivity index (χ0v) is 12.6. The van der Waals surface area contributed by atoms with E-state index in [9.17, 15) is 9.59 Å². The third kappa shape index (κ3) is 3.16. The fourth-order valence-electron chi connectivity index (χ4n) is 2.10. The van der Waals surface area contributed by atoms with E-state index in [4.69, 9.17) is 4.74 Å². The molecular weight excluding hydrogens is 270 g/mol. The standard InChI is InChI=1S/C15H21N3O3/c1-4-15(2,21-3)13(19)17-11-5-7-12(8-6-11)18-10-9-16-14(18)20/h5-8H,4,9-10H2,1-3H3,(H,16,20)(H,17,19). The van der Waals surface area contributed by atoms with Crippen LogP contribution in [0.15, 0.2) is 24.3 Å². The van der Waals surface area contributed by atoms with Gasteiger partial charge in [-0.15, -0.1) is 0 Å². The molecule has 1 atom stereocenters. The Morgan fingerprint density at radius 2 is 2.10 bits per heavy atom. The van der Waals surface area contributed by atoms with Crippen molar-refractivity contribution in [2.75, 3.05) is 30.4 Å². The molecule has 2 N–H and O–H groups in total. The molecule has 1 fully saturated rings. The van der Waals surface area contributed by atoms with E-state index in [1.165, 1.54) is 7.11 Å². The minimum atomic E-state index is -0.840. The molecule has 0 spiro atoms. The number of carbonyl (C=O) groups is 2. The van der Waals surface area contributed by atoms with Crippen LogP contribution in [0.1, 0.15) is 20.3 Å². The number of carbonyl (C=O) groups excluding carboxylic acids is 2. The summed E-state index contributed by atoms with van der Waals surface area (Å²) in [7, 11) is 1.53. The van der Waals surface area contributed by atoms with Crippen molar-refractivity contribution in [1.29, 1.82) is 0 Å². The summed E-state index contributed by atoms with van der Waals surface area (Å²) in [6, 6.07) is 7.10. The lowest BCUT2D eigenvalue weighted by atomic mass is 10.0. The van der Waals surface area contributed by atoms with Crippen molar-refractivity contribution < 1.29 is 14.3 Å². The number of anilines is 2. The van der Waals surface area contributed by atoms with Crippen molar-refractivity contribution in [3.05, 3.63) is 24.3 Å². The highest BCUT2D eigenvalue weighted by Gasteiger charge is 2.31. The van der Waals surface area contributed by atoms with Crippen molar-refractivity contribution in [3.8, 4) is 0 Å². The van der Waals surface area contributed by atoms with Crippen LogP contribution in [-0.2, 0) is 9.53 Å². The summed E-state index contributed by atoms with van der Waals surface area (Å²) < 4.78 is 5.27. The van der Waals surface area contributed by atoms with Crippen LogP contribution in [0.2, 0.25) is 0 Å². The molecule has 1 heterocycles. The number of nitrogens with one attached hydrogen (secondary N) is 2. The predicted molar refractivity (Wildman–Crippen MR) is 81.5 cm³/mol. The van der Waals surface area contributed by atoms with Gasteiger partial charge in [0.2, 0.25) is 0 Å². The Morgan fingerprint density at radius 1 is 1.43 bits per heavy atom. The Kier molecular flexibility index (Phi) is 4.47. The molecular formula is C15H21N3O3. The average molecular weight is 291 g/mol. The van der Waals surface area contributed by atoms with Crippen molar-refractivity contribution in [2.45, 2.75) is 25.9 Å². The predicted octanol–water partition coefficient (Wildman–Crippen LogP) is 1.97. The van der Waals surface area contributed by atoms with E-state index in [-0.39, 0.29) is 11.9 Å². The first-order valence-corrected chi connectivity index (χ1v) is 7.02. The number of rotatable bonds is 5. The molecule has 1 saturated heterocycles. The van der Waals surface area contributed by atoms with Crippen LogP contribution in [0.25, 0.3) is 0 Å². The average Bonchev–Trinajstić information content (AvgIpc) is 2.93. The summed E-state index contributed by atoms with van der Waals surface area (Å²) >= 11 is 0. The highest BCUT2D eigenvalue weighted by Crippen LogP contribution is 2.21. The van der Waals surface area contributed by atoms with E-state index in [1.54, 1.807) is 24.0 Å². The first kappa shape index (κ1) is 15.3. The lowest BCUT2D eigenvalue weighted by Gasteiger charge is -2.25. The van der Waals surface area contributed by atoms with E-state index >= 15 is 0 Å². The lowest BCUT2D eigenvalue weighted by molar-refractivity contribution is -0.136. The number of urea groups is 1. The Morgan fingerprint density at radius 3 is 2.57 bits per heavy atom. The van der Waals surface area contributed by atoms with Gasteiger partial charge in [0.05, 0.1) is 0 Å². The van der Waals surface area contributed by atoms with Gasteiger partial charge in [0.25, 0.3) is 5.91 Å². The first-order valence-electron chi connectivity index (χ1n) is 7.02. The summed E-state index contributed by atoms with van der Waals surface area (Å²) in [6.07, 6.45) is 0.585. The molecule has 0 bridgehead atoms. The van der Waals surface area contributed by atoms with Gasteiger partial charge in [-0.2, -0.15) is 0 Å². The fourth-order valence-corrected chi connectivity index (χ4v) is 2.10. The highest BCUT2D eigenvalue weighted by molar-refractivity contribution is 5.98. The smallest absolute Gasteiger partial charge is 0.321 e. The quantitative estimate of drug-likeness (QED) is 0.871. The molecule has 6 heteroatoms. The summed E-state index contributed by atoms with van der Waals surface area (Å²) in [5, 5.41) is 5.58. The largest absolute Gasteiger partial charge is 0.369 e. The van der Waals surface area contributed by atoms with Crippen LogP contribution in [0, 0.1) is 0 Å². The molecule has 21 heavy (non-hydrogen) atoms. The number of methoxy groups -OCH3 is 1. The molecule has 1 unspecified atom stereocenters. The minimum absolute atomic E-state index is 0.0928. The SMILES string of the molecule is CCC(C)(OC)C(=O)Nc1ccc(N2CCNC2=O)cc1. The molecule has 3 amide bonds. The van der Waals surface area contributed by atoms with Gasteiger partial charge in [-0.3, -0.25) is 9.69 Å². The summed E-state index contributed by atoms with van der Waals surface area (Å²) in [5.41, 5.74) is 0.654. The Bertz CT molecular complexity index is 523. The number of amides is 3. The summed E-state index contributed by atoms with van der Waals surface area (Å²) in [6.45, 7) is 4.96. The second-order valence-corrected chi connectivity index (χ2v) is 5.17. The highest BCUT2D eigenvalue weighted by atomic mass is 16.5. The first-order chi connectivity index (χ1) is 10.00. The summed E-state index contributed by atoms with van der Waals surface area (Å²) in [5.74, 6) is -0.181. The number of benzene rings is 1. The van der Waals surface area contributed by atoms with E-state index < -0.39 is 5.60 Å². The molecule has 1 aliphatic heterocycles. The number of hydrogen-bond donors (Lipinski definition) is 2. The Labute approximate surface area is 124 Å². The van der Waals surface area contributed by atoms with Gasteiger partial charge in [-0.1, -0.05) is 6.92 Å². The molecule has 1 aromatic rings. The molecule has 0 radical (unpaired) electrons. The van der Waals surface area contributed by atoms with Gasteiger partial charge in [-0.25, -0.2) is 4.79 Å². The van der Waals surface area contributed by atoms with E-state index in [2.05, 4.69) is 10.6 Å². The number of hydrogen-bond acceptors (Lipinski definition) is 3. The van der Waals surface area contributed by atoms with Crippen molar-refractivity contribution >= 4 is 23.3 Å². The van der Waals surface area contributed by atoms with Crippen LogP contribution in [0.5, 0.6) is 0 Å². The zero-order valence-electron chi connectivity index (χ0n) is 12.6. The van der Waals surface area contributed by atoms with Crippen LogP contribution in [0.4, 0.5) is 16.2 Å². The van der Waals surface area contributed by atoms with Crippen LogP contribution >= 0.6 is 0 Å². The molecule has 0 saturated carbocycles. The van der Waals surface area contributed by atoms with Gasteiger partial charge in [0.1, 0.15) is 5.60 Å². The van der Waals surface area contributed by atoms with E-state index in [0.717, 1.165) is 5.69 Å². The van der Waals surface area contributed by atoms with E-state index in [0.29, 0.717) is 25.2 Å². The number of nitrogens with zero attached hydrogens (tertiary/aromatic N) is 1. The van der Waals surface area contributed by atoms with Crippen molar-refractivity contribution in [3.63, 3.8) is 0 Å². The molecule has 1 aliphatic rings. The molecule has 6 nitrogen and oxygen atoms in total. The maximum absolute atomic E-state index is 12.2. The molecule has 1 aromatic carbocycles. The molecule has 0 aliphatic carbocycles. The third-order valence-electron chi connectivity index (χ3n) is 3.90. The Balaban J connectivity index is 2.06. The maximum atomic E-state index is 12.2. The fraction of sp³-hybridized carbons (Fsp3) is 0.467. The second-order valence-electron chi connectivity index (χ2n) is 5.17. The number of ether oxygens (including phenoxy) is 1. The second kappa shape index (κ2) is 6.13. The van der Waals surface area contributed by atoms with Crippen molar-refractivity contribution in [1.82, 2.24) is 5.32 Å². The topological polar surface area (TPSA) is 70.7 Å². The molecule has 114 valence electrons. The van der Waals surface area contributed by atoms with Gasteiger partial charge >= 0.3 is 6.03 Å². The maximum Gasteiger partial charge on any atom is 0.321 e. The normalized spacial score (nSPS) is 17.3. The molecule has 2 rings (SSSR count). The van der Waals surface area contributed by atoms with Crippen LogP contribution < -0.4 is 15.5 Å². The molecule has 0 aromatic heterocycles. The van der Waals surface area contributed by atoms with Gasteiger partial charge in [-0.05, 0) is 37.6 Å². The zero-order chi connectivity index (χ0) is 15.5. The Hall–Kier alpha value is -2.08. The van der Waals surface area contributed by atoms with Gasteiger partial charge in [0.15, 0.2) is 0 Å². The monoisotopic (exact) mass is 291 g/mol. The lowest BCUT2D eigenvalue weighted by Crippen LogP contribution is -2.41. The van der Waals surface area contributed by atoms with Gasteiger partial charge < -0.3 is 15.4 Å².